The van der Waals surface area contributed by atoms with E-state index in [2.05, 4.69) is 5.32 Å². The number of benzene rings is 3. The van der Waals surface area contributed by atoms with Crippen LogP contribution >= 0.6 is 0 Å². The molecule has 0 fully saturated rings. The van der Waals surface area contributed by atoms with E-state index < -0.39 is 5.91 Å². The van der Waals surface area contributed by atoms with Crippen LogP contribution in [0.4, 0.5) is 10.1 Å². The Morgan fingerprint density at radius 2 is 1.73 bits per heavy atom. The smallest absolute Gasteiger partial charge is 0.266 e. The van der Waals surface area contributed by atoms with E-state index >= 15 is 0 Å². The number of nitrogens with zero attached hydrogens (tertiary/aromatic N) is 1. The van der Waals surface area contributed by atoms with E-state index in [4.69, 9.17) is 14.2 Å². The number of amides is 1. The molecule has 33 heavy (non-hydrogen) atoms. The number of nitriles is 1. The van der Waals surface area contributed by atoms with Gasteiger partial charge >= 0.3 is 0 Å². The van der Waals surface area contributed by atoms with Gasteiger partial charge in [-0.05, 0) is 67.1 Å². The van der Waals surface area contributed by atoms with Crippen molar-refractivity contribution in [2.45, 2.75) is 13.5 Å². The zero-order chi connectivity index (χ0) is 23.6. The van der Waals surface area contributed by atoms with Gasteiger partial charge in [0.05, 0.1) is 13.7 Å². The summed E-state index contributed by atoms with van der Waals surface area (Å²) in [6.45, 7) is 2.60. The summed E-state index contributed by atoms with van der Waals surface area (Å²) in [5.41, 5.74) is 1.73. The molecule has 0 aliphatic rings. The van der Waals surface area contributed by atoms with Gasteiger partial charge in [-0.3, -0.25) is 4.79 Å². The van der Waals surface area contributed by atoms with Crippen LogP contribution in [0.3, 0.4) is 0 Å². The number of hydrogen-bond donors (Lipinski definition) is 1. The summed E-state index contributed by atoms with van der Waals surface area (Å²) in [5, 5.41) is 12.3. The Bertz CT molecular complexity index is 1170. The van der Waals surface area contributed by atoms with Crippen molar-refractivity contribution in [1.29, 1.82) is 5.26 Å². The minimum Gasteiger partial charge on any atom is -0.497 e. The summed E-state index contributed by atoms with van der Waals surface area (Å²) in [7, 11) is 1.53. The number of carbonyl (C=O) groups is 1. The second-order valence-corrected chi connectivity index (χ2v) is 6.90. The third-order valence-electron chi connectivity index (χ3n) is 4.62. The highest BCUT2D eigenvalue weighted by Gasteiger charge is 2.13. The summed E-state index contributed by atoms with van der Waals surface area (Å²) >= 11 is 0. The predicted octanol–water partition coefficient (Wildman–Crippen LogP) is 5.36. The molecular formula is C26H23FN2O4. The quantitative estimate of drug-likeness (QED) is 0.354. The van der Waals surface area contributed by atoms with Crippen LogP contribution in [-0.4, -0.2) is 19.6 Å². The number of ether oxygens (including phenoxy) is 3. The average molecular weight is 446 g/mol. The van der Waals surface area contributed by atoms with Crippen LogP contribution in [0.2, 0.25) is 0 Å². The first-order chi connectivity index (χ1) is 16.0. The lowest BCUT2D eigenvalue weighted by Gasteiger charge is -2.12. The van der Waals surface area contributed by atoms with Crippen LogP contribution in [0.15, 0.2) is 72.3 Å². The lowest BCUT2D eigenvalue weighted by molar-refractivity contribution is -0.112. The van der Waals surface area contributed by atoms with Crippen LogP contribution in [0, 0.1) is 17.1 Å². The SMILES string of the molecule is CCOc1ccc(NC(=O)/C(C#N)=C/c2ccc(OC)cc2OCc2ccc(F)cc2)cc1. The molecule has 3 rings (SSSR count). The third kappa shape index (κ3) is 6.58. The maximum absolute atomic E-state index is 13.1. The number of nitrogens with one attached hydrogen (secondary N) is 1. The van der Waals surface area contributed by atoms with Crippen molar-refractivity contribution in [2.75, 3.05) is 19.0 Å². The second kappa shape index (κ2) is 11.3. The first-order valence-electron chi connectivity index (χ1n) is 10.2. The average Bonchev–Trinajstić information content (AvgIpc) is 2.83. The molecule has 0 aromatic heterocycles. The molecule has 3 aromatic carbocycles. The summed E-state index contributed by atoms with van der Waals surface area (Å²) in [6.07, 6.45) is 1.45. The Kier molecular flexibility index (Phi) is 8.03. The lowest BCUT2D eigenvalue weighted by atomic mass is 10.1. The Balaban J connectivity index is 1.80. The molecule has 0 unspecified atom stereocenters. The molecule has 0 aliphatic carbocycles. The van der Waals surface area contributed by atoms with Crippen LogP contribution in [0.1, 0.15) is 18.1 Å². The van der Waals surface area contributed by atoms with Crippen LogP contribution in [-0.2, 0) is 11.4 Å². The van der Waals surface area contributed by atoms with Crippen molar-refractivity contribution < 1.29 is 23.4 Å². The highest BCUT2D eigenvalue weighted by Crippen LogP contribution is 2.28. The van der Waals surface area contributed by atoms with Gasteiger partial charge in [-0.25, -0.2) is 4.39 Å². The van der Waals surface area contributed by atoms with E-state index in [1.54, 1.807) is 54.6 Å². The Labute approximate surface area is 191 Å². The number of hydrogen-bond acceptors (Lipinski definition) is 5. The minimum absolute atomic E-state index is 0.0966. The van der Waals surface area contributed by atoms with Gasteiger partial charge in [0.15, 0.2) is 0 Å². The molecule has 0 bridgehead atoms. The van der Waals surface area contributed by atoms with Gasteiger partial charge in [-0.1, -0.05) is 12.1 Å². The van der Waals surface area contributed by atoms with Gasteiger partial charge < -0.3 is 19.5 Å². The molecule has 6 nitrogen and oxygen atoms in total. The van der Waals surface area contributed by atoms with Crippen molar-refractivity contribution in [2.24, 2.45) is 0 Å². The van der Waals surface area contributed by atoms with E-state index in [-0.39, 0.29) is 18.0 Å². The van der Waals surface area contributed by atoms with Crippen molar-refractivity contribution in [1.82, 2.24) is 0 Å². The molecule has 0 aliphatic heterocycles. The fourth-order valence-electron chi connectivity index (χ4n) is 2.93. The first-order valence-corrected chi connectivity index (χ1v) is 10.2. The molecule has 0 atom stereocenters. The van der Waals surface area contributed by atoms with Crippen LogP contribution < -0.4 is 19.5 Å². The number of halogens is 1. The largest absolute Gasteiger partial charge is 0.497 e. The normalized spacial score (nSPS) is 10.8. The number of anilines is 1. The molecule has 168 valence electrons. The summed E-state index contributed by atoms with van der Waals surface area (Å²) in [4.78, 5) is 12.7. The summed E-state index contributed by atoms with van der Waals surface area (Å²) in [6, 6.07) is 19.8. The minimum atomic E-state index is -0.554. The maximum atomic E-state index is 13.1. The second-order valence-electron chi connectivity index (χ2n) is 6.90. The first kappa shape index (κ1) is 23.4. The molecule has 0 heterocycles. The van der Waals surface area contributed by atoms with Gasteiger partial charge in [-0.15, -0.1) is 0 Å². The molecule has 0 saturated carbocycles. The monoisotopic (exact) mass is 446 g/mol. The number of rotatable bonds is 9. The third-order valence-corrected chi connectivity index (χ3v) is 4.62. The van der Waals surface area contributed by atoms with Crippen LogP contribution in [0.5, 0.6) is 17.2 Å². The van der Waals surface area contributed by atoms with E-state index in [9.17, 15) is 14.4 Å². The molecule has 0 radical (unpaired) electrons. The van der Waals surface area contributed by atoms with Gasteiger partial charge in [-0.2, -0.15) is 5.26 Å². The van der Waals surface area contributed by atoms with E-state index in [1.807, 2.05) is 13.0 Å². The Hall–Kier alpha value is -4.31. The molecule has 7 heteroatoms. The van der Waals surface area contributed by atoms with Crippen molar-refractivity contribution in [3.63, 3.8) is 0 Å². The standard InChI is InChI=1S/C26H23FN2O4/c1-3-32-23-12-9-22(10-13-23)29-26(30)20(16-28)14-19-6-11-24(31-2)15-25(19)33-17-18-4-7-21(27)8-5-18/h4-15H,3,17H2,1-2H3,(H,29,30)/b20-14+. The number of methoxy groups -OCH3 is 1. The molecule has 1 N–H and O–H groups in total. The number of carbonyl (C=O) groups excluding carboxylic acids is 1. The lowest BCUT2D eigenvalue weighted by Crippen LogP contribution is -2.13. The van der Waals surface area contributed by atoms with Gasteiger partial charge in [0.2, 0.25) is 0 Å². The van der Waals surface area contributed by atoms with Crippen LogP contribution in [0.25, 0.3) is 6.08 Å². The van der Waals surface area contributed by atoms with E-state index in [0.717, 1.165) is 5.56 Å². The van der Waals surface area contributed by atoms with Crippen molar-refractivity contribution >= 4 is 17.7 Å². The maximum Gasteiger partial charge on any atom is 0.266 e. The van der Waals surface area contributed by atoms with Crippen molar-refractivity contribution in [3.05, 3.63) is 89.2 Å². The fourth-order valence-corrected chi connectivity index (χ4v) is 2.93. The zero-order valence-corrected chi connectivity index (χ0v) is 18.3. The van der Waals surface area contributed by atoms with Gasteiger partial charge in [0, 0.05) is 17.3 Å². The van der Waals surface area contributed by atoms with E-state index in [0.29, 0.717) is 35.1 Å². The Morgan fingerprint density at radius 3 is 2.36 bits per heavy atom. The Morgan fingerprint density at radius 1 is 1.03 bits per heavy atom. The van der Waals surface area contributed by atoms with Gasteiger partial charge in [0.1, 0.15) is 41.3 Å². The molecule has 1 amide bonds. The highest BCUT2D eigenvalue weighted by atomic mass is 19.1. The predicted molar refractivity (Wildman–Crippen MR) is 124 cm³/mol. The fraction of sp³-hybridized carbons (Fsp3) is 0.154. The summed E-state index contributed by atoms with van der Waals surface area (Å²) < 4.78 is 29.7. The van der Waals surface area contributed by atoms with Gasteiger partial charge in [0.25, 0.3) is 5.91 Å². The van der Waals surface area contributed by atoms with E-state index in [1.165, 1.54) is 25.3 Å². The van der Waals surface area contributed by atoms with Crippen molar-refractivity contribution in [3.8, 4) is 23.3 Å². The molecule has 3 aromatic rings. The summed E-state index contributed by atoms with van der Waals surface area (Å²) in [5.74, 6) is 0.773. The highest BCUT2D eigenvalue weighted by molar-refractivity contribution is 6.09. The topological polar surface area (TPSA) is 80.6 Å². The zero-order valence-electron chi connectivity index (χ0n) is 18.3. The molecule has 0 spiro atoms. The molecular weight excluding hydrogens is 423 g/mol. The molecule has 0 saturated heterocycles.